The second-order valence-electron chi connectivity index (χ2n) is 3.93. The molecule has 0 bridgehead atoms. The molecule has 0 saturated carbocycles. The maximum Gasteiger partial charge on any atom is 0.350 e. The van der Waals surface area contributed by atoms with Crippen molar-refractivity contribution in [3.63, 3.8) is 0 Å². The molecule has 0 amide bonds. The van der Waals surface area contributed by atoms with Crippen molar-refractivity contribution in [2.75, 3.05) is 12.8 Å². The van der Waals surface area contributed by atoms with Gasteiger partial charge in [-0.05, 0) is 35.9 Å². The van der Waals surface area contributed by atoms with Crippen LogP contribution < -0.4 is 5.73 Å². The minimum atomic E-state index is -0.354. The second-order valence-corrected chi connectivity index (χ2v) is 5.87. The Kier molecular flexibility index (Phi) is 3.73. The van der Waals surface area contributed by atoms with Gasteiger partial charge in [-0.2, -0.15) is 0 Å². The summed E-state index contributed by atoms with van der Waals surface area (Å²) in [5, 5.41) is 2.05. The third-order valence-electron chi connectivity index (χ3n) is 2.84. The SMILES string of the molecule is CCc1c(-c2sccc2C)sc(C(=O)OC)c1N. The molecule has 18 heavy (non-hydrogen) atoms. The Labute approximate surface area is 114 Å². The second kappa shape index (κ2) is 5.12. The lowest BCUT2D eigenvalue weighted by molar-refractivity contribution is 0.0607. The molecule has 5 heteroatoms. The van der Waals surface area contributed by atoms with Gasteiger partial charge < -0.3 is 10.5 Å². The fourth-order valence-corrected chi connectivity index (χ4v) is 4.26. The standard InChI is InChI=1S/C13H15NO2S2/c1-4-8-9(14)12(13(15)16-3)18-11(8)10-7(2)5-6-17-10/h5-6H,4,14H2,1-3H3. The number of nitrogens with two attached hydrogens (primary N) is 1. The molecule has 0 aromatic carbocycles. The normalized spacial score (nSPS) is 10.6. The van der Waals surface area contributed by atoms with Crippen LogP contribution in [0, 0.1) is 6.92 Å². The molecule has 0 fully saturated rings. The van der Waals surface area contributed by atoms with Gasteiger partial charge in [-0.1, -0.05) is 6.92 Å². The summed E-state index contributed by atoms with van der Waals surface area (Å²) in [6.07, 6.45) is 0.812. The molecule has 2 heterocycles. The number of hydrogen-bond acceptors (Lipinski definition) is 5. The Hall–Kier alpha value is -1.33. The Bertz CT molecular complexity index is 584. The van der Waals surface area contributed by atoms with E-state index < -0.39 is 0 Å². The van der Waals surface area contributed by atoms with Crippen molar-refractivity contribution in [2.45, 2.75) is 20.3 Å². The van der Waals surface area contributed by atoms with E-state index in [0.29, 0.717) is 10.6 Å². The first-order valence-corrected chi connectivity index (χ1v) is 7.33. The number of hydrogen-bond donors (Lipinski definition) is 1. The maximum absolute atomic E-state index is 11.7. The molecule has 2 aromatic heterocycles. The van der Waals surface area contributed by atoms with Crippen molar-refractivity contribution in [1.29, 1.82) is 0 Å². The lowest BCUT2D eigenvalue weighted by atomic mass is 10.1. The fourth-order valence-electron chi connectivity index (χ4n) is 1.86. The molecule has 0 aliphatic carbocycles. The smallest absolute Gasteiger partial charge is 0.350 e. The summed E-state index contributed by atoms with van der Waals surface area (Å²) < 4.78 is 4.77. The number of esters is 1. The highest BCUT2D eigenvalue weighted by Gasteiger charge is 2.22. The molecular weight excluding hydrogens is 266 g/mol. The summed E-state index contributed by atoms with van der Waals surface area (Å²) in [5.74, 6) is -0.354. The van der Waals surface area contributed by atoms with Crippen LogP contribution in [0.4, 0.5) is 5.69 Å². The first-order valence-electron chi connectivity index (χ1n) is 5.64. The van der Waals surface area contributed by atoms with Crippen molar-refractivity contribution in [1.82, 2.24) is 0 Å². The highest BCUT2D eigenvalue weighted by molar-refractivity contribution is 7.23. The van der Waals surface area contributed by atoms with Gasteiger partial charge in [0.15, 0.2) is 0 Å². The lowest BCUT2D eigenvalue weighted by Crippen LogP contribution is -2.02. The number of thiophene rings is 2. The highest BCUT2D eigenvalue weighted by Crippen LogP contribution is 2.42. The average Bonchev–Trinajstić information content (AvgIpc) is 2.91. The van der Waals surface area contributed by atoms with E-state index in [1.807, 2.05) is 6.92 Å². The number of nitrogen functional groups attached to an aromatic ring is 1. The van der Waals surface area contributed by atoms with Gasteiger partial charge in [0.05, 0.1) is 17.7 Å². The minimum absolute atomic E-state index is 0.354. The number of carbonyl (C=O) groups is 1. The topological polar surface area (TPSA) is 52.3 Å². The van der Waals surface area contributed by atoms with E-state index in [0.717, 1.165) is 16.9 Å². The predicted octanol–water partition coefficient (Wildman–Crippen LogP) is 3.72. The monoisotopic (exact) mass is 281 g/mol. The van der Waals surface area contributed by atoms with Crippen LogP contribution >= 0.6 is 22.7 Å². The summed E-state index contributed by atoms with van der Waals surface area (Å²) in [7, 11) is 1.38. The van der Waals surface area contributed by atoms with E-state index in [-0.39, 0.29) is 5.97 Å². The van der Waals surface area contributed by atoms with Gasteiger partial charge in [0.25, 0.3) is 0 Å². The Balaban J connectivity index is 2.62. The van der Waals surface area contributed by atoms with Crippen molar-refractivity contribution in [2.24, 2.45) is 0 Å². The van der Waals surface area contributed by atoms with Crippen molar-refractivity contribution in [3.8, 4) is 9.75 Å². The summed E-state index contributed by atoms with van der Waals surface area (Å²) in [5.41, 5.74) is 8.89. The molecule has 0 aliphatic heterocycles. The van der Waals surface area contributed by atoms with Crippen LogP contribution in [-0.2, 0) is 11.2 Å². The summed E-state index contributed by atoms with van der Waals surface area (Å²) >= 11 is 3.10. The summed E-state index contributed by atoms with van der Waals surface area (Å²) in [4.78, 5) is 14.5. The van der Waals surface area contributed by atoms with Crippen LogP contribution in [0.3, 0.4) is 0 Å². The van der Waals surface area contributed by atoms with Crippen LogP contribution in [0.2, 0.25) is 0 Å². The quantitative estimate of drug-likeness (QED) is 0.872. The molecule has 0 radical (unpaired) electrons. The van der Waals surface area contributed by atoms with E-state index in [9.17, 15) is 4.79 Å². The molecule has 0 aliphatic rings. The largest absolute Gasteiger partial charge is 0.465 e. The van der Waals surface area contributed by atoms with Gasteiger partial charge in [0, 0.05) is 4.88 Å². The van der Waals surface area contributed by atoms with E-state index in [2.05, 4.69) is 18.4 Å². The van der Waals surface area contributed by atoms with Crippen molar-refractivity contribution < 1.29 is 9.53 Å². The van der Waals surface area contributed by atoms with Gasteiger partial charge in [-0.15, -0.1) is 22.7 Å². The molecule has 0 unspecified atom stereocenters. The van der Waals surface area contributed by atoms with Gasteiger partial charge in [-0.25, -0.2) is 4.79 Å². The zero-order valence-electron chi connectivity index (χ0n) is 10.6. The van der Waals surface area contributed by atoms with E-state index in [1.54, 1.807) is 11.3 Å². The Morgan fingerprint density at radius 3 is 2.67 bits per heavy atom. The molecule has 2 aromatic rings. The van der Waals surface area contributed by atoms with Crippen molar-refractivity contribution in [3.05, 3.63) is 27.5 Å². The number of rotatable bonds is 3. The average molecular weight is 281 g/mol. The number of anilines is 1. The number of aryl methyl sites for hydroxylation is 1. The summed E-state index contributed by atoms with van der Waals surface area (Å²) in [6, 6.07) is 2.08. The molecule has 0 saturated heterocycles. The van der Waals surface area contributed by atoms with Crippen molar-refractivity contribution >= 4 is 34.3 Å². The maximum atomic E-state index is 11.7. The molecule has 96 valence electrons. The molecule has 3 nitrogen and oxygen atoms in total. The number of carbonyl (C=O) groups excluding carboxylic acids is 1. The molecule has 2 N–H and O–H groups in total. The number of methoxy groups -OCH3 is 1. The third kappa shape index (κ3) is 2.04. The molecule has 2 rings (SSSR count). The van der Waals surface area contributed by atoms with Crippen LogP contribution in [0.1, 0.15) is 27.7 Å². The minimum Gasteiger partial charge on any atom is -0.465 e. The zero-order chi connectivity index (χ0) is 13.3. The van der Waals surface area contributed by atoms with Crippen LogP contribution in [0.15, 0.2) is 11.4 Å². The van der Waals surface area contributed by atoms with Gasteiger partial charge in [0.1, 0.15) is 4.88 Å². The Morgan fingerprint density at radius 2 is 2.17 bits per heavy atom. The fraction of sp³-hybridized carbons (Fsp3) is 0.308. The van der Waals surface area contributed by atoms with Crippen LogP contribution in [-0.4, -0.2) is 13.1 Å². The zero-order valence-corrected chi connectivity index (χ0v) is 12.2. The summed E-state index contributed by atoms with van der Waals surface area (Å²) in [6.45, 7) is 4.12. The third-order valence-corrected chi connectivity index (χ3v) is 5.25. The van der Waals surface area contributed by atoms with Crippen LogP contribution in [0.5, 0.6) is 0 Å². The van der Waals surface area contributed by atoms with Crippen LogP contribution in [0.25, 0.3) is 9.75 Å². The molecular formula is C13H15NO2S2. The predicted molar refractivity (Wildman–Crippen MR) is 77.5 cm³/mol. The van der Waals surface area contributed by atoms with E-state index in [4.69, 9.17) is 10.5 Å². The van der Waals surface area contributed by atoms with Gasteiger partial charge >= 0.3 is 5.97 Å². The highest BCUT2D eigenvalue weighted by atomic mass is 32.1. The van der Waals surface area contributed by atoms with E-state index in [1.165, 1.54) is 28.9 Å². The number of ether oxygens (including phenoxy) is 1. The molecule has 0 atom stereocenters. The first-order chi connectivity index (χ1) is 8.60. The Morgan fingerprint density at radius 1 is 1.44 bits per heavy atom. The van der Waals surface area contributed by atoms with Gasteiger partial charge in [0.2, 0.25) is 0 Å². The van der Waals surface area contributed by atoms with Gasteiger partial charge in [-0.3, -0.25) is 0 Å². The lowest BCUT2D eigenvalue weighted by Gasteiger charge is -2.01. The molecule has 0 spiro atoms. The van der Waals surface area contributed by atoms with E-state index >= 15 is 0 Å². The first kappa shape index (κ1) is 13.1.